The number of ether oxygens (including phenoxy) is 3. The molecule has 8 nitrogen and oxygen atoms in total. The van der Waals surface area contributed by atoms with Crippen LogP contribution in [-0.2, 0) is 28.6 Å². The first-order chi connectivity index (χ1) is 11.8. The van der Waals surface area contributed by atoms with Gasteiger partial charge in [-0.3, -0.25) is 4.79 Å². The van der Waals surface area contributed by atoms with Crippen molar-refractivity contribution in [2.45, 2.75) is 64.1 Å². The van der Waals surface area contributed by atoms with Crippen molar-refractivity contribution in [3.8, 4) is 0 Å². The molecule has 0 aromatic heterocycles. The van der Waals surface area contributed by atoms with Gasteiger partial charge in [0.05, 0.1) is 26.2 Å². The molecule has 25 heavy (non-hydrogen) atoms. The van der Waals surface area contributed by atoms with E-state index in [4.69, 9.17) is 16.2 Å². The van der Waals surface area contributed by atoms with Crippen molar-refractivity contribution in [3.05, 3.63) is 0 Å². The van der Waals surface area contributed by atoms with E-state index in [-0.39, 0.29) is 19.1 Å². The molecule has 0 aliphatic heterocycles. The molecule has 2 unspecified atom stereocenters. The number of hydrogen-bond donors (Lipinski definition) is 2. The highest BCUT2D eigenvalue weighted by atomic mass is 16.6. The van der Waals surface area contributed by atoms with Gasteiger partial charge in [0.2, 0.25) is 0 Å². The molecule has 0 saturated heterocycles. The minimum absolute atomic E-state index is 0.0216. The number of rotatable bonds is 8. The molecule has 4 N–H and O–H groups in total. The fraction of sp³-hybridized carbons (Fsp3) is 0.824. The van der Waals surface area contributed by atoms with Crippen LogP contribution in [0.15, 0.2) is 0 Å². The summed E-state index contributed by atoms with van der Waals surface area (Å²) in [5.41, 5.74) is 11.2. The second-order valence-corrected chi connectivity index (χ2v) is 6.80. The van der Waals surface area contributed by atoms with Gasteiger partial charge in [-0.1, -0.05) is 26.7 Å². The molecule has 1 saturated carbocycles. The number of carbonyl (C=O) groups is 3. The maximum atomic E-state index is 11.9. The smallest absolute Gasteiger partial charge is 0.333 e. The second-order valence-electron chi connectivity index (χ2n) is 6.80. The van der Waals surface area contributed by atoms with Crippen molar-refractivity contribution < 1.29 is 28.6 Å². The van der Waals surface area contributed by atoms with Crippen LogP contribution in [0.5, 0.6) is 0 Å². The van der Waals surface area contributed by atoms with Crippen molar-refractivity contribution in [1.29, 1.82) is 0 Å². The van der Waals surface area contributed by atoms with Crippen molar-refractivity contribution in [3.63, 3.8) is 0 Å². The highest BCUT2D eigenvalue weighted by Gasteiger charge is 2.30. The molecule has 0 amide bonds. The van der Waals surface area contributed by atoms with E-state index in [9.17, 15) is 14.4 Å². The van der Waals surface area contributed by atoms with Crippen LogP contribution >= 0.6 is 0 Å². The molecule has 0 spiro atoms. The van der Waals surface area contributed by atoms with E-state index < -0.39 is 30.0 Å². The highest BCUT2D eigenvalue weighted by Crippen LogP contribution is 2.32. The zero-order valence-electron chi connectivity index (χ0n) is 15.2. The molecule has 0 bridgehead atoms. The van der Waals surface area contributed by atoms with E-state index in [2.05, 4.69) is 23.3 Å². The Bertz CT molecular complexity index is 468. The predicted molar refractivity (Wildman–Crippen MR) is 90.2 cm³/mol. The lowest BCUT2D eigenvalue weighted by molar-refractivity contribution is -0.164. The fourth-order valence-corrected chi connectivity index (χ4v) is 2.99. The molecular formula is C17H30N2O6. The summed E-state index contributed by atoms with van der Waals surface area (Å²) >= 11 is 0. The summed E-state index contributed by atoms with van der Waals surface area (Å²) in [6, 6.07) is -2.35. The lowest BCUT2D eigenvalue weighted by Crippen LogP contribution is -2.44. The summed E-state index contributed by atoms with van der Waals surface area (Å²) in [6.45, 7) is 4.29. The maximum Gasteiger partial charge on any atom is 0.333 e. The minimum Gasteiger partial charge on any atom is -0.469 e. The van der Waals surface area contributed by atoms with E-state index in [0.29, 0.717) is 11.8 Å². The Morgan fingerprint density at radius 3 is 2.24 bits per heavy atom. The normalized spacial score (nSPS) is 23.0. The van der Waals surface area contributed by atoms with Gasteiger partial charge in [-0.25, -0.2) is 9.59 Å². The van der Waals surface area contributed by atoms with Crippen LogP contribution in [0, 0.1) is 11.8 Å². The summed E-state index contributed by atoms with van der Waals surface area (Å²) < 4.78 is 14.8. The summed E-state index contributed by atoms with van der Waals surface area (Å²) in [7, 11) is 1.18. The molecule has 0 aromatic carbocycles. The first-order valence-electron chi connectivity index (χ1n) is 8.71. The van der Waals surface area contributed by atoms with Crippen molar-refractivity contribution in [2.24, 2.45) is 23.3 Å². The molecule has 0 aromatic rings. The first-order valence-corrected chi connectivity index (χ1v) is 8.71. The van der Waals surface area contributed by atoms with Gasteiger partial charge in [0.15, 0.2) is 0 Å². The van der Waals surface area contributed by atoms with Crippen LogP contribution in [0.2, 0.25) is 0 Å². The Morgan fingerprint density at radius 2 is 1.64 bits per heavy atom. The standard InChI is InChI=1S/C17H30N2O6/c1-10(2)11-6-4-5-7-14(11)24-9-13(19)17(22)25-16(21)12(18)8-15(20)23-3/h10-14H,4-9,18-19H2,1-3H3/t11?,12-,13-,14?/m0/s1. The van der Waals surface area contributed by atoms with Gasteiger partial charge in [-0.2, -0.15) is 0 Å². The van der Waals surface area contributed by atoms with Gasteiger partial charge >= 0.3 is 17.9 Å². The van der Waals surface area contributed by atoms with Gasteiger partial charge < -0.3 is 25.7 Å². The van der Waals surface area contributed by atoms with Crippen LogP contribution in [0.4, 0.5) is 0 Å². The topological polar surface area (TPSA) is 131 Å². The Kier molecular flexibility index (Phi) is 9.02. The SMILES string of the molecule is COC(=O)C[C@H](N)C(=O)OC(=O)[C@@H](N)COC1CCCCC1C(C)C. The number of esters is 3. The number of methoxy groups -OCH3 is 1. The van der Waals surface area contributed by atoms with E-state index >= 15 is 0 Å². The van der Waals surface area contributed by atoms with Gasteiger partial charge in [0, 0.05) is 0 Å². The third kappa shape index (κ3) is 7.09. The molecule has 1 aliphatic rings. The molecule has 4 atom stereocenters. The molecule has 1 fully saturated rings. The third-order valence-electron chi connectivity index (χ3n) is 4.52. The molecule has 1 rings (SSSR count). The second kappa shape index (κ2) is 10.5. The highest BCUT2D eigenvalue weighted by molar-refractivity contribution is 5.92. The Morgan fingerprint density at radius 1 is 1.04 bits per heavy atom. The third-order valence-corrected chi connectivity index (χ3v) is 4.52. The maximum absolute atomic E-state index is 11.9. The molecular weight excluding hydrogens is 328 g/mol. The summed E-state index contributed by atoms with van der Waals surface area (Å²) in [4.78, 5) is 34.6. The molecule has 1 aliphatic carbocycles. The van der Waals surface area contributed by atoms with E-state index in [0.717, 1.165) is 19.3 Å². The zero-order chi connectivity index (χ0) is 19.0. The van der Waals surface area contributed by atoms with Crippen molar-refractivity contribution in [2.75, 3.05) is 13.7 Å². The Hall–Kier alpha value is -1.51. The lowest BCUT2D eigenvalue weighted by Gasteiger charge is -2.34. The first kappa shape index (κ1) is 21.5. The fourth-order valence-electron chi connectivity index (χ4n) is 2.99. The van der Waals surface area contributed by atoms with Crippen LogP contribution in [0.25, 0.3) is 0 Å². The minimum atomic E-state index is -1.27. The summed E-state index contributed by atoms with van der Waals surface area (Å²) in [6.07, 6.45) is 4.01. The van der Waals surface area contributed by atoms with Crippen molar-refractivity contribution >= 4 is 17.9 Å². The molecule has 0 radical (unpaired) electrons. The van der Waals surface area contributed by atoms with E-state index in [1.54, 1.807) is 0 Å². The predicted octanol–water partition coefficient (Wildman–Crippen LogP) is 0.505. The van der Waals surface area contributed by atoms with Gasteiger partial charge in [0.1, 0.15) is 12.1 Å². The summed E-state index contributed by atoms with van der Waals surface area (Å²) in [5.74, 6) is -1.66. The van der Waals surface area contributed by atoms with Gasteiger partial charge in [-0.05, 0) is 24.7 Å². The number of carbonyl (C=O) groups excluding carboxylic acids is 3. The molecule has 144 valence electrons. The lowest BCUT2D eigenvalue weighted by atomic mass is 9.79. The van der Waals surface area contributed by atoms with Crippen molar-refractivity contribution in [1.82, 2.24) is 0 Å². The Balaban J connectivity index is 2.43. The van der Waals surface area contributed by atoms with Crippen LogP contribution in [-0.4, -0.2) is 49.8 Å². The number of hydrogen-bond acceptors (Lipinski definition) is 8. The Labute approximate surface area is 148 Å². The number of nitrogens with two attached hydrogens (primary N) is 2. The molecule has 0 heterocycles. The van der Waals surface area contributed by atoms with Crippen LogP contribution in [0.1, 0.15) is 46.0 Å². The quantitative estimate of drug-likeness (QED) is 0.474. The van der Waals surface area contributed by atoms with E-state index in [1.807, 2.05) is 0 Å². The van der Waals surface area contributed by atoms with Crippen LogP contribution < -0.4 is 11.5 Å². The average molecular weight is 358 g/mol. The largest absolute Gasteiger partial charge is 0.469 e. The summed E-state index contributed by atoms with van der Waals surface area (Å²) in [5, 5.41) is 0. The van der Waals surface area contributed by atoms with Crippen LogP contribution in [0.3, 0.4) is 0 Å². The zero-order valence-corrected chi connectivity index (χ0v) is 15.2. The average Bonchev–Trinajstić information content (AvgIpc) is 2.59. The van der Waals surface area contributed by atoms with Gasteiger partial charge in [0.25, 0.3) is 0 Å². The monoisotopic (exact) mass is 358 g/mol. The molecule has 8 heteroatoms. The van der Waals surface area contributed by atoms with Gasteiger partial charge in [-0.15, -0.1) is 0 Å². The van der Waals surface area contributed by atoms with E-state index in [1.165, 1.54) is 13.5 Å².